The smallest absolute Gasteiger partial charge is 0.386 e. The Morgan fingerprint density at radius 3 is 2.39 bits per heavy atom. The maximum Gasteiger partial charge on any atom is 0.481 e. The number of aromatic nitrogens is 4. The van der Waals surface area contributed by atoms with Crippen LogP contribution in [0.1, 0.15) is 52.2 Å². The van der Waals surface area contributed by atoms with Gasteiger partial charge in [0, 0.05) is 30.7 Å². The molecule has 7 unspecified atom stereocenters. The molecule has 4 rings (SSSR count). The molecule has 1 aliphatic carbocycles. The van der Waals surface area contributed by atoms with E-state index in [4.69, 9.17) is 25.3 Å². The van der Waals surface area contributed by atoms with Gasteiger partial charge in [-0.2, -0.15) is 4.31 Å². The van der Waals surface area contributed by atoms with Gasteiger partial charge in [0.25, 0.3) is 0 Å². The van der Waals surface area contributed by atoms with Crippen molar-refractivity contribution < 1.29 is 80.5 Å². The number of carbonyl (C=O) groups is 3. The zero-order valence-corrected chi connectivity index (χ0v) is 33.5. The first-order chi connectivity index (χ1) is 25.9. The number of phosphoric ester groups is 3. The molecule has 2 aromatic heterocycles. The van der Waals surface area contributed by atoms with E-state index >= 15 is 0 Å². The van der Waals surface area contributed by atoms with Crippen LogP contribution < -0.4 is 22.1 Å². The largest absolute Gasteiger partial charge is 0.481 e. The van der Waals surface area contributed by atoms with E-state index in [2.05, 4.69) is 34.4 Å². The van der Waals surface area contributed by atoms with Crippen LogP contribution in [0.25, 0.3) is 11.2 Å². The van der Waals surface area contributed by atoms with Crippen LogP contribution in [0.5, 0.6) is 0 Å². The number of hydrogen-bond donors (Lipinski definition) is 10. The first kappa shape index (κ1) is 46.2. The molecular formula is C27H45N8O17P3S. The Hall–Kier alpha value is -2.48. The quantitative estimate of drug-likeness (QED) is 0.0559. The van der Waals surface area contributed by atoms with Gasteiger partial charge < -0.3 is 56.6 Å². The second kappa shape index (κ2) is 18.6. The summed E-state index contributed by atoms with van der Waals surface area (Å²) in [5.74, 6) is -1.16. The summed E-state index contributed by atoms with van der Waals surface area (Å²) in [7, 11) is -16.4. The zero-order valence-electron chi connectivity index (χ0n) is 30.0. The van der Waals surface area contributed by atoms with Gasteiger partial charge in [0.2, 0.25) is 16.9 Å². The van der Waals surface area contributed by atoms with E-state index in [9.17, 15) is 57.9 Å². The number of aliphatic hydroxyl groups is 2. The van der Waals surface area contributed by atoms with Crippen molar-refractivity contribution >= 4 is 69.1 Å². The number of fused-ring (bicyclic) bond motifs is 1. The highest BCUT2D eigenvalue weighted by atomic mass is 32.2. The lowest BCUT2D eigenvalue weighted by Gasteiger charge is -2.30. The fourth-order valence-electron chi connectivity index (χ4n) is 5.63. The molecule has 25 nitrogen and oxygen atoms in total. The van der Waals surface area contributed by atoms with Crippen molar-refractivity contribution in [2.45, 2.75) is 82.1 Å². The molecule has 0 radical (unpaired) electrons. The number of thioether (sulfide) groups is 1. The third-order valence-electron chi connectivity index (χ3n) is 8.64. The summed E-state index contributed by atoms with van der Waals surface area (Å²) in [5.41, 5.74) is 9.54. The minimum atomic E-state index is -5.57. The SMILES string of the molecule is CC(C)(COP(=O)(O)OP(=O)(O)OCC1OC(n2cnc3c(N)ncnc32)C(O)C1OP(=O)(O)O)C(O)C(=O)NCCC(=O)NCCSC(=O)C1(N)CCCC1. The Morgan fingerprint density at radius 2 is 1.73 bits per heavy atom. The van der Waals surface area contributed by atoms with Gasteiger partial charge in [-0.25, -0.2) is 28.6 Å². The lowest BCUT2D eigenvalue weighted by atomic mass is 9.87. The molecule has 12 N–H and O–H groups in total. The summed E-state index contributed by atoms with van der Waals surface area (Å²) in [4.78, 5) is 88.0. The van der Waals surface area contributed by atoms with Gasteiger partial charge in [-0.05, 0) is 12.8 Å². The van der Waals surface area contributed by atoms with E-state index in [1.54, 1.807) is 0 Å². The van der Waals surface area contributed by atoms with Crippen LogP contribution in [0.3, 0.4) is 0 Å². The maximum absolute atomic E-state index is 12.7. The summed E-state index contributed by atoms with van der Waals surface area (Å²) >= 11 is 1.04. The Labute approximate surface area is 323 Å². The minimum absolute atomic E-state index is 0.0297. The van der Waals surface area contributed by atoms with Gasteiger partial charge in [0.15, 0.2) is 17.7 Å². The number of nitrogens with two attached hydrogens (primary N) is 2. The highest BCUT2D eigenvalue weighted by molar-refractivity contribution is 8.13. The Balaban J connectivity index is 1.23. The van der Waals surface area contributed by atoms with Crippen LogP contribution in [0.15, 0.2) is 12.7 Å². The van der Waals surface area contributed by atoms with Crippen LogP contribution in [-0.2, 0) is 50.7 Å². The number of hydrogen-bond acceptors (Lipinski definition) is 19. The van der Waals surface area contributed by atoms with Crippen molar-refractivity contribution in [2.24, 2.45) is 11.1 Å². The predicted molar refractivity (Wildman–Crippen MR) is 192 cm³/mol. The Bertz CT molecular complexity index is 1880. The topological polar surface area (TPSA) is 390 Å². The molecule has 0 spiro atoms. The van der Waals surface area contributed by atoms with Crippen molar-refractivity contribution in [1.29, 1.82) is 0 Å². The van der Waals surface area contributed by atoms with Crippen LogP contribution in [0.4, 0.5) is 5.82 Å². The van der Waals surface area contributed by atoms with E-state index in [1.807, 2.05) is 0 Å². The molecule has 2 amide bonds. The van der Waals surface area contributed by atoms with Gasteiger partial charge in [-0.1, -0.05) is 38.5 Å². The van der Waals surface area contributed by atoms with Crippen molar-refractivity contribution in [3.63, 3.8) is 0 Å². The van der Waals surface area contributed by atoms with Crippen molar-refractivity contribution in [2.75, 3.05) is 37.8 Å². The van der Waals surface area contributed by atoms with E-state index in [0.717, 1.165) is 41.8 Å². The summed E-state index contributed by atoms with van der Waals surface area (Å²) in [6, 6.07) is 0. The molecule has 0 bridgehead atoms. The number of nitrogen functional groups attached to an aromatic ring is 1. The highest BCUT2D eigenvalue weighted by Gasteiger charge is 2.50. The van der Waals surface area contributed by atoms with Gasteiger partial charge >= 0.3 is 23.5 Å². The number of nitrogens with zero attached hydrogens (tertiary/aromatic N) is 4. The molecule has 1 saturated heterocycles. The highest BCUT2D eigenvalue weighted by Crippen LogP contribution is 2.61. The van der Waals surface area contributed by atoms with E-state index < -0.39 is 90.1 Å². The molecule has 1 aliphatic heterocycles. The van der Waals surface area contributed by atoms with Crippen LogP contribution in [0.2, 0.25) is 0 Å². The first-order valence-corrected chi connectivity index (χ1v) is 22.3. The molecular weight excluding hydrogens is 833 g/mol. The summed E-state index contributed by atoms with van der Waals surface area (Å²) < 4.78 is 62.1. The number of amides is 2. The van der Waals surface area contributed by atoms with E-state index in [0.29, 0.717) is 18.6 Å². The number of ether oxygens (including phenoxy) is 1. The third kappa shape index (κ3) is 12.5. The van der Waals surface area contributed by atoms with Gasteiger partial charge in [-0.15, -0.1) is 0 Å². The standard InChI is InChI=1S/C27H45N8O17P3S/c1-26(2,20(38)23(39)31-8-5-16(36)30-9-10-56-25(40)27(29)6-3-4-7-27)12-49-55(46,47)52-54(44,45)48-11-15-19(51-53(41,42)43)18(37)24(50-15)35-14-34-17-21(28)32-13-33-22(17)35/h13-15,18-20,24,37-38H,3-12,29H2,1-2H3,(H,30,36)(H,31,39)(H,44,45)(H,46,47)(H2,28,32,33)(H2,41,42,43). The first-order valence-electron chi connectivity index (χ1n) is 16.8. The molecule has 0 aromatic carbocycles. The summed E-state index contributed by atoms with van der Waals surface area (Å²) in [6.45, 7) is 0.458. The van der Waals surface area contributed by atoms with Crippen LogP contribution in [0, 0.1) is 5.41 Å². The summed E-state index contributed by atoms with van der Waals surface area (Å²) in [6.07, 6.45) is -3.89. The molecule has 2 aliphatic rings. The summed E-state index contributed by atoms with van der Waals surface area (Å²) in [5, 5.41) is 26.3. The van der Waals surface area contributed by atoms with Crippen molar-refractivity contribution in [3.8, 4) is 0 Å². The predicted octanol–water partition coefficient (Wildman–Crippen LogP) is -1.06. The number of nitrogens with one attached hydrogen (secondary N) is 2. The van der Waals surface area contributed by atoms with E-state index in [1.165, 1.54) is 13.8 Å². The number of anilines is 1. The second-order valence-corrected chi connectivity index (χ2v) is 18.9. The van der Waals surface area contributed by atoms with Gasteiger partial charge in [0.05, 0.1) is 25.1 Å². The molecule has 56 heavy (non-hydrogen) atoms. The fourth-order valence-corrected chi connectivity index (χ4v) is 9.34. The van der Waals surface area contributed by atoms with Gasteiger partial charge in [0.1, 0.15) is 36.3 Å². The number of imidazole rings is 1. The molecule has 7 atom stereocenters. The number of rotatable bonds is 20. The van der Waals surface area contributed by atoms with E-state index in [-0.39, 0.29) is 41.6 Å². The van der Waals surface area contributed by atoms with Crippen molar-refractivity contribution in [1.82, 2.24) is 30.2 Å². The number of carbonyl (C=O) groups excluding carboxylic acids is 3. The number of phosphoric acid groups is 3. The second-order valence-electron chi connectivity index (χ2n) is 13.6. The van der Waals surface area contributed by atoms with Gasteiger partial charge in [-0.3, -0.25) is 32.5 Å². The molecule has 2 fully saturated rings. The Morgan fingerprint density at radius 1 is 1.07 bits per heavy atom. The van der Waals surface area contributed by atoms with Crippen LogP contribution >= 0.6 is 35.2 Å². The average molecular weight is 879 g/mol. The molecule has 2 aromatic rings. The monoisotopic (exact) mass is 878 g/mol. The third-order valence-corrected chi connectivity index (χ3v) is 12.8. The molecule has 316 valence electrons. The molecule has 29 heteroatoms. The fraction of sp³-hybridized carbons (Fsp3) is 0.704. The zero-order chi connectivity index (χ0) is 41.7. The lowest BCUT2D eigenvalue weighted by Crippen LogP contribution is -2.46. The number of aliphatic hydroxyl groups excluding tert-OH is 2. The van der Waals surface area contributed by atoms with Crippen molar-refractivity contribution in [3.05, 3.63) is 12.7 Å². The average Bonchev–Trinajstić information content (AvgIpc) is 3.82. The van der Waals surface area contributed by atoms with Crippen LogP contribution in [-0.4, -0.2) is 128 Å². The minimum Gasteiger partial charge on any atom is -0.386 e. The normalized spacial score (nSPS) is 24.0. The molecule has 1 saturated carbocycles. The lowest BCUT2D eigenvalue weighted by molar-refractivity contribution is -0.137. The molecule has 3 heterocycles. The Kier molecular flexibility index (Phi) is 15.4. The maximum atomic E-state index is 12.7.